The molecule has 2 aliphatic rings. The zero-order valence-electron chi connectivity index (χ0n) is 14.3. The van der Waals surface area contributed by atoms with Crippen molar-refractivity contribution >= 4 is 23.2 Å². The number of benzene rings is 3. The van der Waals surface area contributed by atoms with Gasteiger partial charge in [-0.25, -0.2) is 0 Å². The molecule has 5 rings (SSSR count). The average Bonchev–Trinajstić information content (AvgIpc) is 3.17. The maximum atomic E-state index is 6.93. The summed E-state index contributed by atoms with van der Waals surface area (Å²) in [5.41, 5.74) is 3.96. The van der Waals surface area contributed by atoms with Gasteiger partial charge in [0.25, 0.3) is 0 Å². The minimum absolute atomic E-state index is 0.0447. The molecule has 1 aliphatic heterocycles. The fourth-order valence-electron chi connectivity index (χ4n) is 4.56. The summed E-state index contributed by atoms with van der Waals surface area (Å²) in [4.78, 5) is 0. The topological polar surface area (TPSA) is 9.23 Å². The Morgan fingerprint density at radius 3 is 2.12 bits per heavy atom. The molecule has 0 radical (unpaired) electrons. The van der Waals surface area contributed by atoms with E-state index in [0.717, 1.165) is 16.9 Å². The molecule has 0 aromatic heterocycles. The van der Waals surface area contributed by atoms with Crippen molar-refractivity contribution in [1.82, 2.24) is 0 Å². The molecule has 26 heavy (non-hydrogen) atoms. The van der Waals surface area contributed by atoms with E-state index in [4.69, 9.17) is 27.9 Å². The van der Waals surface area contributed by atoms with Gasteiger partial charge in [0.1, 0.15) is 5.75 Å². The van der Waals surface area contributed by atoms with Gasteiger partial charge in [-0.15, -0.1) is 0 Å². The van der Waals surface area contributed by atoms with Crippen LogP contribution in [0.2, 0.25) is 0 Å². The smallest absolute Gasteiger partial charge is 0.174 e. The molecule has 0 amide bonds. The van der Waals surface area contributed by atoms with Crippen LogP contribution in [0.1, 0.15) is 28.2 Å². The van der Waals surface area contributed by atoms with Crippen LogP contribution in [0.25, 0.3) is 0 Å². The maximum absolute atomic E-state index is 6.93. The molecule has 1 nitrogen and oxygen atoms in total. The summed E-state index contributed by atoms with van der Waals surface area (Å²) in [5.74, 6) is 0.914. The number of rotatable bonds is 2. The SMILES string of the molecule is Cc1ccccc1[C@@H]1c2ccccc2O[C@]2(c3ccccc3)[C@@H]1C2(Cl)Cl. The number of alkyl halides is 2. The van der Waals surface area contributed by atoms with Crippen molar-refractivity contribution in [2.24, 2.45) is 5.92 Å². The van der Waals surface area contributed by atoms with E-state index in [0.29, 0.717) is 0 Å². The quantitative estimate of drug-likeness (QED) is 0.479. The van der Waals surface area contributed by atoms with Gasteiger partial charge in [-0.2, -0.15) is 0 Å². The van der Waals surface area contributed by atoms with E-state index < -0.39 is 9.93 Å². The second-order valence-corrected chi connectivity index (χ2v) is 8.56. The van der Waals surface area contributed by atoms with Crippen LogP contribution in [0.15, 0.2) is 78.9 Å². The fraction of sp³-hybridized carbons (Fsp3) is 0.217. The third-order valence-electron chi connectivity index (χ3n) is 5.82. The zero-order valence-corrected chi connectivity index (χ0v) is 15.8. The highest BCUT2D eigenvalue weighted by Gasteiger charge is 2.83. The van der Waals surface area contributed by atoms with Gasteiger partial charge in [-0.3, -0.25) is 0 Å². The highest BCUT2D eigenvalue weighted by atomic mass is 35.5. The highest BCUT2D eigenvalue weighted by molar-refractivity contribution is 6.52. The number of hydrogen-bond acceptors (Lipinski definition) is 1. The summed E-state index contributed by atoms with van der Waals surface area (Å²) in [6, 6.07) is 26.8. The van der Waals surface area contributed by atoms with Crippen LogP contribution in [-0.4, -0.2) is 4.33 Å². The average molecular weight is 381 g/mol. The first-order chi connectivity index (χ1) is 12.6. The minimum Gasteiger partial charge on any atom is -0.479 e. The number of ether oxygens (including phenoxy) is 1. The van der Waals surface area contributed by atoms with E-state index in [1.807, 2.05) is 30.3 Å². The number of hydrogen-bond donors (Lipinski definition) is 0. The Kier molecular flexibility index (Phi) is 3.44. The first-order valence-corrected chi connectivity index (χ1v) is 9.60. The van der Waals surface area contributed by atoms with Crippen molar-refractivity contribution in [3.8, 4) is 5.75 Å². The summed E-state index contributed by atoms with van der Waals surface area (Å²) < 4.78 is 5.54. The van der Waals surface area contributed by atoms with E-state index in [1.165, 1.54) is 11.1 Å². The summed E-state index contributed by atoms with van der Waals surface area (Å²) in [6.45, 7) is 2.14. The van der Waals surface area contributed by atoms with Crippen LogP contribution in [0.5, 0.6) is 5.75 Å². The number of halogens is 2. The second kappa shape index (κ2) is 5.52. The first kappa shape index (κ1) is 16.2. The van der Waals surface area contributed by atoms with Crippen LogP contribution in [0.4, 0.5) is 0 Å². The number of para-hydroxylation sites is 1. The van der Waals surface area contributed by atoms with Gasteiger partial charge in [0.2, 0.25) is 0 Å². The Morgan fingerprint density at radius 1 is 0.769 bits per heavy atom. The van der Waals surface area contributed by atoms with E-state index in [1.54, 1.807) is 0 Å². The molecule has 0 spiro atoms. The lowest BCUT2D eigenvalue weighted by Crippen LogP contribution is -2.29. The van der Waals surface area contributed by atoms with Crippen LogP contribution < -0.4 is 4.74 Å². The van der Waals surface area contributed by atoms with Crippen molar-refractivity contribution < 1.29 is 4.74 Å². The lowest BCUT2D eigenvalue weighted by Gasteiger charge is -2.32. The first-order valence-electron chi connectivity index (χ1n) is 8.84. The van der Waals surface area contributed by atoms with E-state index in [2.05, 4.69) is 55.5 Å². The molecular weight excluding hydrogens is 363 g/mol. The van der Waals surface area contributed by atoms with Crippen LogP contribution in [0.3, 0.4) is 0 Å². The Labute approximate surface area is 163 Å². The second-order valence-electron chi connectivity index (χ2n) is 7.18. The Bertz CT molecular complexity index is 982. The van der Waals surface area contributed by atoms with E-state index >= 15 is 0 Å². The third-order valence-corrected chi connectivity index (χ3v) is 6.86. The molecule has 1 saturated carbocycles. The highest BCUT2D eigenvalue weighted by Crippen LogP contribution is 2.77. The molecule has 0 saturated heterocycles. The molecule has 130 valence electrons. The van der Waals surface area contributed by atoms with Crippen molar-refractivity contribution in [3.63, 3.8) is 0 Å². The predicted molar refractivity (Wildman–Crippen MR) is 106 cm³/mol. The summed E-state index contributed by atoms with van der Waals surface area (Å²) in [6.07, 6.45) is 0. The third kappa shape index (κ3) is 1.99. The molecule has 0 unspecified atom stereocenters. The van der Waals surface area contributed by atoms with Gasteiger partial charge in [-0.1, -0.05) is 96.0 Å². The molecule has 0 bridgehead atoms. The molecule has 1 aliphatic carbocycles. The largest absolute Gasteiger partial charge is 0.479 e. The molecule has 3 aromatic rings. The van der Waals surface area contributed by atoms with Crippen LogP contribution >= 0.6 is 23.2 Å². The molecule has 1 heterocycles. The van der Waals surface area contributed by atoms with Gasteiger partial charge in [0, 0.05) is 11.5 Å². The van der Waals surface area contributed by atoms with Crippen LogP contribution in [-0.2, 0) is 5.60 Å². The molecule has 3 atom stereocenters. The van der Waals surface area contributed by atoms with E-state index in [9.17, 15) is 0 Å². The van der Waals surface area contributed by atoms with Crippen molar-refractivity contribution in [2.75, 3.05) is 0 Å². The Morgan fingerprint density at radius 2 is 1.38 bits per heavy atom. The molecule has 0 N–H and O–H groups in total. The van der Waals surface area contributed by atoms with Gasteiger partial charge in [0.05, 0.1) is 5.92 Å². The standard InChI is InChI=1S/C23H18Cl2O/c1-15-9-5-6-12-17(15)20-18-13-7-8-14-19(18)26-22(21(20)23(22,24)25)16-10-3-2-4-11-16/h2-14,20-21H,1H3/t20-,21-,22-/m1/s1. The fourth-order valence-corrected chi connectivity index (χ4v) is 5.55. The Hall–Kier alpha value is -1.96. The predicted octanol–water partition coefficient (Wildman–Crippen LogP) is 6.22. The van der Waals surface area contributed by atoms with E-state index in [-0.39, 0.29) is 11.8 Å². The van der Waals surface area contributed by atoms with Gasteiger partial charge >= 0.3 is 0 Å². The lowest BCUT2D eigenvalue weighted by atomic mass is 9.80. The summed E-state index contributed by atoms with van der Waals surface area (Å²) >= 11 is 13.9. The molecular formula is C23H18Cl2O. The number of fused-ring (bicyclic) bond motifs is 2. The maximum Gasteiger partial charge on any atom is 0.174 e. The van der Waals surface area contributed by atoms with Gasteiger partial charge in [0.15, 0.2) is 9.93 Å². The van der Waals surface area contributed by atoms with Crippen LogP contribution in [0, 0.1) is 12.8 Å². The molecule has 3 aromatic carbocycles. The normalized spacial score (nSPS) is 27.8. The van der Waals surface area contributed by atoms with Crippen molar-refractivity contribution in [3.05, 3.63) is 101 Å². The summed E-state index contributed by atoms with van der Waals surface area (Å²) in [5, 5.41) is 0. The van der Waals surface area contributed by atoms with Crippen molar-refractivity contribution in [2.45, 2.75) is 22.8 Å². The summed E-state index contributed by atoms with van der Waals surface area (Å²) in [7, 11) is 0. The molecule has 3 heteroatoms. The van der Waals surface area contributed by atoms with Gasteiger partial charge in [-0.05, 0) is 29.7 Å². The lowest BCUT2D eigenvalue weighted by molar-refractivity contribution is 0.137. The molecule has 1 fully saturated rings. The number of aryl methyl sites for hydroxylation is 1. The zero-order chi connectivity index (χ0) is 17.9. The monoisotopic (exact) mass is 380 g/mol. The van der Waals surface area contributed by atoms with Gasteiger partial charge < -0.3 is 4.74 Å². The minimum atomic E-state index is -0.986. The van der Waals surface area contributed by atoms with Crippen molar-refractivity contribution in [1.29, 1.82) is 0 Å². The Balaban J connectivity index is 1.76.